The summed E-state index contributed by atoms with van der Waals surface area (Å²) in [5, 5.41) is 17.4. The van der Waals surface area contributed by atoms with Crippen LogP contribution in [0, 0.1) is 26.7 Å². The number of anilines is 1. The largest absolute Gasteiger partial charge is 0.481 e. The maximum Gasteiger partial charge on any atom is 0.452 e. The molecular weight excluding hydrogens is 621 g/mol. The number of hydrogen-bond acceptors (Lipinski definition) is 7. The molecule has 0 spiro atoms. The van der Waals surface area contributed by atoms with Crippen molar-refractivity contribution in [3.8, 4) is 0 Å². The van der Waals surface area contributed by atoms with Crippen LogP contribution in [-0.4, -0.2) is 62.5 Å². The van der Waals surface area contributed by atoms with Gasteiger partial charge in [-0.25, -0.2) is 13.4 Å². The summed E-state index contributed by atoms with van der Waals surface area (Å²) < 4.78 is 71.7. The molecule has 1 fully saturated rings. The molecule has 244 valence electrons. The summed E-state index contributed by atoms with van der Waals surface area (Å²) in [6, 6.07) is 10.2. The van der Waals surface area contributed by atoms with Crippen molar-refractivity contribution in [2.75, 3.05) is 18.0 Å². The van der Waals surface area contributed by atoms with Gasteiger partial charge < -0.3 is 10.0 Å². The molecule has 1 N–H and O–H groups in total. The van der Waals surface area contributed by atoms with Crippen LogP contribution in [0.1, 0.15) is 71.4 Å². The van der Waals surface area contributed by atoms with Crippen molar-refractivity contribution in [3.63, 3.8) is 0 Å². The number of nitrogens with zero attached hydrogens (tertiary/aromatic N) is 6. The Morgan fingerprint density at radius 1 is 1.11 bits per heavy atom. The number of sulfonamides is 1. The van der Waals surface area contributed by atoms with E-state index in [4.69, 9.17) is 0 Å². The number of halogens is 3. The van der Waals surface area contributed by atoms with Crippen molar-refractivity contribution in [1.29, 1.82) is 0 Å². The van der Waals surface area contributed by atoms with E-state index in [2.05, 4.69) is 20.1 Å². The third kappa shape index (κ3) is 5.40. The SMILES string of the molecule is Cc1ccc(C(c2cc(C)n3c(C(F)(F)F)nnc3c2C)C(C)C(=O)O)cc1CN1CC2CCCCN2c2ncccc2S1(=O)=O. The van der Waals surface area contributed by atoms with Gasteiger partial charge in [0, 0.05) is 43.5 Å². The van der Waals surface area contributed by atoms with Gasteiger partial charge in [0.25, 0.3) is 0 Å². The molecular formula is C32H35F3N6O4S. The Hall–Kier alpha value is -4.04. The molecule has 4 aromatic rings. The highest BCUT2D eigenvalue weighted by Crippen LogP contribution is 2.40. The Balaban J connectivity index is 1.44. The van der Waals surface area contributed by atoms with E-state index in [9.17, 15) is 31.5 Å². The minimum atomic E-state index is -4.73. The number of piperidine rings is 1. The first-order chi connectivity index (χ1) is 21.7. The summed E-state index contributed by atoms with van der Waals surface area (Å²) >= 11 is 0. The second-order valence-electron chi connectivity index (χ2n) is 12.3. The highest BCUT2D eigenvalue weighted by molar-refractivity contribution is 7.89. The van der Waals surface area contributed by atoms with Gasteiger partial charge in [-0.15, -0.1) is 10.2 Å². The Labute approximate surface area is 264 Å². The summed E-state index contributed by atoms with van der Waals surface area (Å²) in [7, 11) is -3.93. The number of fused-ring (bicyclic) bond motifs is 4. The predicted octanol–water partition coefficient (Wildman–Crippen LogP) is 5.48. The van der Waals surface area contributed by atoms with E-state index in [0.717, 1.165) is 35.8 Å². The molecule has 3 atom stereocenters. The topological polar surface area (TPSA) is 121 Å². The summed E-state index contributed by atoms with van der Waals surface area (Å²) in [6.07, 6.45) is -0.346. The average molecular weight is 657 g/mol. The lowest BCUT2D eigenvalue weighted by Gasteiger charge is -2.36. The Morgan fingerprint density at radius 2 is 1.87 bits per heavy atom. The van der Waals surface area contributed by atoms with Crippen molar-refractivity contribution in [3.05, 3.63) is 81.9 Å². The highest BCUT2D eigenvalue weighted by Gasteiger charge is 2.40. The number of alkyl halides is 3. The summed E-state index contributed by atoms with van der Waals surface area (Å²) in [4.78, 5) is 19.2. The van der Waals surface area contributed by atoms with Crippen LogP contribution in [0.25, 0.3) is 5.65 Å². The van der Waals surface area contributed by atoms with Gasteiger partial charge >= 0.3 is 12.1 Å². The number of carbonyl (C=O) groups is 1. The van der Waals surface area contributed by atoms with E-state index in [1.807, 2.05) is 19.1 Å². The van der Waals surface area contributed by atoms with E-state index < -0.39 is 39.8 Å². The number of carboxylic acid groups (broad SMARTS) is 1. The Kier molecular flexibility index (Phi) is 8.08. The molecule has 14 heteroatoms. The molecule has 10 nitrogen and oxygen atoms in total. The van der Waals surface area contributed by atoms with Crippen LogP contribution in [-0.2, 0) is 27.5 Å². The number of hydrogen-bond donors (Lipinski definition) is 1. The third-order valence-electron chi connectivity index (χ3n) is 9.39. The molecule has 0 radical (unpaired) electrons. The van der Waals surface area contributed by atoms with Gasteiger partial charge in [-0.1, -0.05) is 25.1 Å². The number of pyridine rings is 2. The number of aromatic nitrogens is 4. The fourth-order valence-electron chi connectivity index (χ4n) is 6.91. The molecule has 0 amide bonds. The molecule has 0 aliphatic carbocycles. The third-order valence-corrected chi connectivity index (χ3v) is 11.2. The first kappa shape index (κ1) is 31.9. The quantitative estimate of drug-likeness (QED) is 0.290. The molecule has 5 heterocycles. The molecule has 1 aromatic carbocycles. The summed E-state index contributed by atoms with van der Waals surface area (Å²) in [5.41, 5.74) is 3.23. The van der Waals surface area contributed by atoms with Crippen molar-refractivity contribution in [1.82, 2.24) is 23.9 Å². The first-order valence-corrected chi connectivity index (χ1v) is 16.6. The smallest absolute Gasteiger partial charge is 0.452 e. The molecule has 46 heavy (non-hydrogen) atoms. The van der Waals surface area contributed by atoms with Crippen LogP contribution >= 0.6 is 0 Å². The maximum absolute atomic E-state index is 14.1. The van der Waals surface area contributed by atoms with Crippen LogP contribution < -0.4 is 4.90 Å². The minimum absolute atomic E-state index is 0.00257. The molecule has 3 unspecified atom stereocenters. The zero-order valence-corrected chi connectivity index (χ0v) is 26.7. The maximum atomic E-state index is 14.1. The fourth-order valence-corrected chi connectivity index (χ4v) is 8.52. The van der Waals surface area contributed by atoms with Gasteiger partial charge in [0.05, 0.1) is 5.92 Å². The van der Waals surface area contributed by atoms with Gasteiger partial charge in [-0.05, 0) is 86.1 Å². The van der Waals surface area contributed by atoms with Crippen LogP contribution in [0.5, 0.6) is 0 Å². The van der Waals surface area contributed by atoms with E-state index in [1.165, 1.54) is 11.2 Å². The van der Waals surface area contributed by atoms with Crippen LogP contribution in [0.3, 0.4) is 0 Å². The lowest BCUT2D eigenvalue weighted by Crippen LogP contribution is -2.45. The fraction of sp³-hybridized carbons (Fsp3) is 0.438. The van der Waals surface area contributed by atoms with Crippen molar-refractivity contribution in [2.45, 2.75) is 76.5 Å². The predicted molar refractivity (Wildman–Crippen MR) is 164 cm³/mol. The molecule has 1 saturated heterocycles. The molecule has 6 rings (SSSR count). The normalized spacial score (nSPS) is 19.7. The van der Waals surface area contributed by atoms with Crippen molar-refractivity contribution < 1.29 is 31.5 Å². The van der Waals surface area contributed by atoms with E-state index >= 15 is 0 Å². The van der Waals surface area contributed by atoms with Crippen LogP contribution in [0.4, 0.5) is 19.0 Å². The van der Waals surface area contributed by atoms with Crippen molar-refractivity contribution in [2.24, 2.45) is 5.92 Å². The number of aryl methyl sites for hydroxylation is 3. The molecule has 2 aliphatic rings. The van der Waals surface area contributed by atoms with E-state index in [0.29, 0.717) is 28.1 Å². The second-order valence-corrected chi connectivity index (χ2v) is 14.2. The molecule has 3 aromatic heterocycles. The lowest BCUT2D eigenvalue weighted by molar-refractivity contribution is -0.145. The zero-order valence-electron chi connectivity index (χ0n) is 25.9. The number of carboxylic acids is 1. The molecule has 2 aliphatic heterocycles. The Morgan fingerprint density at radius 3 is 2.59 bits per heavy atom. The Bertz CT molecular complexity index is 1940. The number of aliphatic carboxylic acids is 1. The van der Waals surface area contributed by atoms with Gasteiger partial charge in [0.1, 0.15) is 10.7 Å². The minimum Gasteiger partial charge on any atom is -0.481 e. The van der Waals surface area contributed by atoms with Gasteiger partial charge in [-0.2, -0.15) is 17.5 Å². The average Bonchev–Trinajstić information content (AvgIpc) is 3.45. The molecule has 0 saturated carbocycles. The summed E-state index contributed by atoms with van der Waals surface area (Å²) in [6.45, 7) is 7.60. The van der Waals surface area contributed by atoms with Gasteiger partial charge in [0.2, 0.25) is 15.8 Å². The van der Waals surface area contributed by atoms with E-state index in [-0.39, 0.29) is 35.4 Å². The van der Waals surface area contributed by atoms with Crippen molar-refractivity contribution >= 4 is 27.5 Å². The van der Waals surface area contributed by atoms with Crippen LogP contribution in [0.15, 0.2) is 47.5 Å². The van der Waals surface area contributed by atoms with E-state index in [1.54, 1.807) is 44.3 Å². The zero-order chi connectivity index (χ0) is 33.1. The first-order valence-electron chi connectivity index (χ1n) is 15.2. The number of benzene rings is 1. The highest BCUT2D eigenvalue weighted by atomic mass is 32.2. The van der Waals surface area contributed by atoms with Gasteiger partial charge in [-0.3, -0.25) is 9.20 Å². The van der Waals surface area contributed by atoms with Gasteiger partial charge in [0.15, 0.2) is 5.65 Å². The van der Waals surface area contributed by atoms with Crippen LogP contribution in [0.2, 0.25) is 0 Å². The molecule has 0 bridgehead atoms. The summed E-state index contributed by atoms with van der Waals surface area (Å²) in [5.74, 6) is -3.51. The standard InChI is InChI=1S/C32H35F3N6O4S/c1-18-10-11-22(27(21(4)30(42)43)25-14-19(2)41-28(20(25)3)37-38-31(41)32(33,34)35)15-23(18)16-39-17-24-8-5-6-13-40(24)29-26(46(39,44)45)9-7-12-36-29/h7,9-12,14-15,21,24,27H,5-6,8,13,16-17H2,1-4H3,(H,42,43). The monoisotopic (exact) mass is 656 g/mol. The number of rotatable bonds is 6. The lowest BCUT2D eigenvalue weighted by atomic mass is 9.79. The second kappa shape index (κ2) is 11.6.